The van der Waals surface area contributed by atoms with E-state index in [1.807, 2.05) is 18.2 Å². The number of nitrogens with zero attached hydrogens (tertiary/aromatic N) is 1. The number of benzene rings is 1. The Morgan fingerprint density at radius 1 is 1.22 bits per heavy atom. The average molecular weight is 373 g/mol. The third-order valence-corrected chi connectivity index (χ3v) is 5.58. The molecule has 0 saturated carbocycles. The summed E-state index contributed by atoms with van der Waals surface area (Å²) in [6.45, 7) is 5.94. The van der Waals surface area contributed by atoms with E-state index in [1.165, 1.54) is 0 Å². The quantitative estimate of drug-likeness (QED) is 0.682. The molecule has 2 aliphatic heterocycles. The summed E-state index contributed by atoms with van der Waals surface area (Å²) in [7, 11) is 0. The highest BCUT2D eigenvalue weighted by Gasteiger charge is 2.25. The number of rotatable bonds is 7. The first-order chi connectivity index (χ1) is 13.2. The van der Waals surface area contributed by atoms with Crippen LogP contribution in [-0.2, 0) is 16.0 Å². The van der Waals surface area contributed by atoms with Crippen LogP contribution in [0.3, 0.4) is 0 Å². The lowest BCUT2D eigenvalue weighted by atomic mass is 9.97. The van der Waals surface area contributed by atoms with Gasteiger partial charge in [-0.2, -0.15) is 0 Å². The molecule has 0 aromatic heterocycles. The largest absolute Gasteiger partial charge is 0.354 e. The van der Waals surface area contributed by atoms with Crippen molar-refractivity contribution in [3.8, 4) is 0 Å². The first-order valence-electron chi connectivity index (χ1n) is 10.3. The minimum absolute atomic E-state index is 0.0193. The predicted molar refractivity (Wildman–Crippen MR) is 108 cm³/mol. The van der Waals surface area contributed by atoms with Crippen molar-refractivity contribution in [1.29, 1.82) is 0 Å². The number of hydrogen-bond donors (Lipinski definition) is 3. The lowest BCUT2D eigenvalue weighted by molar-refractivity contribution is -0.123. The Morgan fingerprint density at radius 2 is 2.07 bits per heavy atom. The zero-order valence-corrected chi connectivity index (χ0v) is 16.3. The minimum Gasteiger partial charge on any atom is -0.354 e. The van der Waals surface area contributed by atoms with Crippen LogP contribution in [0.15, 0.2) is 24.3 Å². The summed E-state index contributed by atoms with van der Waals surface area (Å²) in [6.07, 6.45) is 5.08. The number of nitrogens with one attached hydrogen (secondary N) is 3. The Kier molecular flexibility index (Phi) is 7.24. The summed E-state index contributed by atoms with van der Waals surface area (Å²) in [5.74, 6) is 0.578. The number of carbonyl (C=O) groups is 2. The smallest absolute Gasteiger partial charge is 0.238 e. The summed E-state index contributed by atoms with van der Waals surface area (Å²) in [4.78, 5) is 26.8. The molecule has 2 unspecified atom stereocenters. The van der Waals surface area contributed by atoms with Gasteiger partial charge in [-0.1, -0.05) is 25.1 Å². The highest BCUT2D eigenvalue weighted by Crippen LogP contribution is 2.18. The first-order valence-corrected chi connectivity index (χ1v) is 10.3. The molecular weight excluding hydrogens is 340 g/mol. The second kappa shape index (κ2) is 9.85. The maximum absolute atomic E-state index is 12.5. The van der Waals surface area contributed by atoms with Gasteiger partial charge in [0.05, 0.1) is 12.6 Å². The van der Waals surface area contributed by atoms with Crippen molar-refractivity contribution in [2.45, 2.75) is 45.1 Å². The zero-order chi connectivity index (χ0) is 19.1. The van der Waals surface area contributed by atoms with Gasteiger partial charge >= 0.3 is 0 Å². The fourth-order valence-electron chi connectivity index (χ4n) is 4.08. The summed E-state index contributed by atoms with van der Waals surface area (Å²) in [5.41, 5.74) is 2.07. The Labute approximate surface area is 162 Å². The summed E-state index contributed by atoms with van der Waals surface area (Å²) >= 11 is 0. The van der Waals surface area contributed by atoms with E-state index in [-0.39, 0.29) is 17.9 Å². The molecule has 0 aliphatic carbocycles. The molecule has 2 saturated heterocycles. The van der Waals surface area contributed by atoms with Gasteiger partial charge in [0, 0.05) is 18.8 Å². The van der Waals surface area contributed by atoms with Crippen LogP contribution >= 0.6 is 0 Å². The van der Waals surface area contributed by atoms with Crippen molar-refractivity contribution in [3.05, 3.63) is 29.8 Å². The number of amides is 2. The third-order valence-electron chi connectivity index (χ3n) is 5.58. The molecule has 2 fully saturated rings. The molecule has 2 atom stereocenters. The van der Waals surface area contributed by atoms with E-state index in [0.717, 1.165) is 63.0 Å². The van der Waals surface area contributed by atoms with Crippen LogP contribution in [0.5, 0.6) is 0 Å². The van der Waals surface area contributed by atoms with Crippen LogP contribution in [0.4, 0.5) is 5.69 Å². The highest BCUT2D eigenvalue weighted by molar-refractivity contribution is 5.93. The number of piperidine rings is 1. The van der Waals surface area contributed by atoms with Gasteiger partial charge in [0.15, 0.2) is 0 Å². The molecule has 2 heterocycles. The van der Waals surface area contributed by atoms with Crippen molar-refractivity contribution in [2.75, 3.05) is 38.0 Å². The number of likely N-dealkylation sites (tertiary alicyclic amines) is 1. The first kappa shape index (κ1) is 19.8. The maximum Gasteiger partial charge on any atom is 0.238 e. The van der Waals surface area contributed by atoms with Gasteiger partial charge in [-0.3, -0.25) is 14.5 Å². The maximum atomic E-state index is 12.5. The molecule has 2 amide bonds. The molecule has 2 aliphatic rings. The molecule has 1 aromatic carbocycles. The van der Waals surface area contributed by atoms with E-state index in [0.29, 0.717) is 19.0 Å². The molecule has 6 heteroatoms. The van der Waals surface area contributed by atoms with Gasteiger partial charge in [-0.05, 0) is 62.7 Å². The molecule has 6 nitrogen and oxygen atoms in total. The van der Waals surface area contributed by atoms with E-state index >= 15 is 0 Å². The van der Waals surface area contributed by atoms with Crippen molar-refractivity contribution in [3.63, 3.8) is 0 Å². The molecule has 27 heavy (non-hydrogen) atoms. The minimum atomic E-state index is -0.0193. The van der Waals surface area contributed by atoms with Crippen molar-refractivity contribution < 1.29 is 9.59 Å². The molecule has 0 spiro atoms. The van der Waals surface area contributed by atoms with Gasteiger partial charge in [-0.15, -0.1) is 0 Å². The predicted octanol–water partition coefficient (Wildman–Crippen LogP) is 1.77. The van der Waals surface area contributed by atoms with E-state index in [2.05, 4.69) is 33.8 Å². The van der Waals surface area contributed by atoms with Crippen LogP contribution < -0.4 is 16.0 Å². The number of carbonyl (C=O) groups excluding carboxylic acids is 2. The standard InChI is InChI=1S/C21H32N4O2/c1-2-17-8-3-4-9-18(17)24-20(26)15-25-12-6-7-16(14-25)13-23-21(27)19-10-5-11-22-19/h3-4,8-9,16,19,22H,2,5-7,10-15H2,1H3,(H,23,27)(H,24,26). The molecule has 0 radical (unpaired) electrons. The Bertz CT molecular complexity index is 643. The van der Waals surface area contributed by atoms with Crippen LogP contribution in [0, 0.1) is 5.92 Å². The molecular formula is C21H32N4O2. The van der Waals surface area contributed by atoms with Crippen molar-refractivity contribution in [2.24, 2.45) is 5.92 Å². The van der Waals surface area contributed by atoms with Gasteiger partial charge in [0.2, 0.25) is 11.8 Å². The SMILES string of the molecule is CCc1ccccc1NC(=O)CN1CCCC(CNC(=O)C2CCCN2)C1. The lowest BCUT2D eigenvalue weighted by Gasteiger charge is -2.32. The molecule has 3 rings (SSSR count). The summed E-state index contributed by atoms with van der Waals surface area (Å²) < 4.78 is 0. The number of para-hydroxylation sites is 1. The third kappa shape index (κ3) is 5.78. The van der Waals surface area contributed by atoms with Crippen LogP contribution in [0.25, 0.3) is 0 Å². The molecule has 1 aromatic rings. The number of anilines is 1. The van der Waals surface area contributed by atoms with E-state index in [9.17, 15) is 9.59 Å². The average Bonchev–Trinajstić information content (AvgIpc) is 3.22. The van der Waals surface area contributed by atoms with Gasteiger partial charge in [-0.25, -0.2) is 0 Å². The molecule has 0 bridgehead atoms. The Morgan fingerprint density at radius 3 is 2.85 bits per heavy atom. The monoisotopic (exact) mass is 372 g/mol. The van der Waals surface area contributed by atoms with Gasteiger partial charge < -0.3 is 16.0 Å². The lowest BCUT2D eigenvalue weighted by Crippen LogP contribution is -2.46. The van der Waals surface area contributed by atoms with E-state index in [4.69, 9.17) is 0 Å². The molecule has 3 N–H and O–H groups in total. The topological polar surface area (TPSA) is 73.5 Å². The second-order valence-corrected chi connectivity index (χ2v) is 7.70. The van der Waals surface area contributed by atoms with E-state index < -0.39 is 0 Å². The van der Waals surface area contributed by atoms with Crippen molar-refractivity contribution >= 4 is 17.5 Å². The summed E-state index contributed by atoms with van der Waals surface area (Å²) in [6, 6.07) is 7.94. The van der Waals surface area contributed by atoms with Crippen LogP contribution in [-0.4, -0.2) is 55.5 Å². The second-order valence-electron chi connectivity index (χ2n) is 7.70. The van der Waals surface area contributed by atoms with Crippen LogP contribution in [0.2, 0.25) is 0 Å². The Hall–Kier alpha value is -1.92. The van der Waals surface area contributed by atoms with E-state index in [1.54, 1.807) is 0 Å². The van der Waals surface area contributed by atoms with Crippen LogP contribution in [0.1, 0.15) is 38.2 Å². The fraction of sp³-hybridized carbons (Fsp3) is 0.619. The van der Waals surface area contributed by atoms with Gasteiger partial charge in [0.25, 0.3) is 0 Å². The number of hydrogen-bond acceptors (Lipinski definition) is 4. The summed E-state index contributed by atoms with van der Waals surface area (Å²) in [5, 5.41) is 9.38. The normalized spacial score (nSPS) is 23.1. The highest BCUT2D eigenvalue weighted by atomic mass is 16.2. The molecule has 148 valence electrons. The van der Waals surface area contributed by atoms with Gasteiger partial charge in [0.1, 0.15) is 0 Å². The Balaban J connectivity index is 1.43. The fourth-order valence-corrected chi connectivity index (χ4v) is 4.08. The van der Waals surface area contributed by atoms with Crippen molar-refractivity contribution in [1.82, 2.24) is 15.5 Å². The zero-order valence-electron chi connectivity index (χ0n) is 16.3. The number of aryl methyl sites for hydroxylation is 1.